The minimum Gasteiger partial charge on any atom is -0.368 e. The molecule has 3 N–H and O–H groups in total. The maximum Gasteiger partial charge on any atom is 0.232 e. The SMILES string of the molecule is Cc1ccccc1Nc1nc(N)nc(CSc2nnc(-c3cccnc3)n2[C@@H]2CCCC[C@H]2C)n1. The van der Waals surface area contributed by atoms with Crippen LogP contribution >= 0.6 is 11.8 Å². The zero-order chi connectivity index (χ0) is 24.2. The number of aryl methyl sites for hydroxylation is 1. The Morgan fingerprint density at radius 2 is 1.91 bits per heavy atom. The summed E-state index contributed by atoms with van der Waals surface area (Å²) >= 11 is 1.57. The van der Waals surface area contributed by atoms with Gasteiger partial charge in [-0.3, -0.25) is 9.55 Å². The van der Waals surface area contributed by atoms with Gasteiger partial charge in [-0.05, 0) is 49.4 Å². The molecular weight excluding hydrogens is 458 g/mol. The van der Waals surface area contributed by atoms with E-state index in [0.29, 0.717) is 29.5 Å². The molecule has 0 radical (unpaired) electrons. The molecule has 10 heteroatoms. The second-order valence-corrected chi connectivity index (χ2v) is 9.85. The van der Waals surface area contributed by atoms with E-state index in [1.54, 1.807) is 18.0 Å². The quantitative estimate of drug-likeness (QED) is 0.339. The summed E-state index contributed by atoms with van der Waals surface area (Å²) in [6.07, 6.45) is 8.42. The molecule has 2 atom stereocenters. The van der Waals surface area contributed by atoms with Crippen LogP contribution in [0.25, 0.3) is 11.4 Å². The van der Waals surface area contributed by atoms with Gasteiger partial charge < -0.3 is 11.1 Å². The number of pyridine rings is 1. The van der Waals surface area contributed by atoms with Crippen LogP contribution in [0.2, 0.25) is 0 Å². The van der Waals surface area contributed by atoms with Crippen molar-refractivity contribution in [3.8, 4) is 11.4 Å². The minimum absolute atomic E-state index is 0.185. The summed E-state index contributed by atoms with van der Waals surface area (Å²) in [5.41, 5.74) is 9.02. The van der Waals surface area contributed by atoms with E-state index in [2.05, 4.69) is 46.9 Å². The van der Waals surface area contributed by atoms with Gasteiger partial charge in [-0.2, -0.15) is 15.0 Å². The molecule has 5 rings (SSSR count). The van der Waals surface area contributed by atoms with Gasteiger partial charge in [-0.25, -0.2) is 0 Å². The first-order valence-corrected chi connectivity index (χ1v) is 12.9. The zero-order valence-electron chi connectivity index (χ0n) is 19.9. The molecule has 35 heavy (non-hydrogen) atoms. The maximum absolute atomic E-state index is 6.01. The second kappa shape index (κ2) is 10.4. The van der Waals surface area contributed by atoms with Crippen LogP contribution in [0.5, 0.6) is 0 Å². The Labute approximate surface area is 209 Å². The molecule has 1 fully saturated rings. The molecule has 180 valence electrons. The Morgan fingerprint density at radius 3 is 2.71 bits per heavy atom. The molecule has 1 aliphatic rings. The van der Waals surface area contributed by atoms with Gasteiger partial charge in [0.2, 0.25) is 11.9 Å². The molecule has 0 saturated heterocycles. The fourth-order valence-electron chi connectivity index (χ4n) is 4.57. The third-order valence-corrected chi connectivity index (χ3v) is 7.34. The van der Waals surface area contributed by atoms with E-state index in [1.807, 2.05) is 49.5 Å². The van der Waals surface area contributed by atoms with Crippen molar-refractivity contribution in [1.82, 2.24) is 34.7 Å². The first-order valence-electron chi connectivity index (χ1n) is 11.9. The van der Waals surface area contributed by atoms with E-state index in [4.69, 9.17) is 5.73 Å². The predicted octanol–water partition coefficient (Wildman–Crippen LogP) is 5.20. The molecule has 4 aromatic rings. The van der Waals surface area contributed by atoms with Crippen molar-refractivity contribution in [1.29, 1.82) is 0 Å². The summed E-state index contributed by atoms with van der Waals surface area (Å²) in [7, 11) is 0. The lowest BCUT2D eigenvalue weighted by Crippen LogP contribution is -2.22. The van der Waals surface area contributed by atoms with E-state index in [0.717, 1.165) is 34.2 Å². The number of nitrogen functional groups attached to an aromatic ring is 1. The Bertz CT molecular complexity index is 1290. The number of thioether (sulfide) groups is 1. The zero-order valence-corrected chi connectivity index (χ0v) is 20.7. The fourth-order valence-corrected chi connectivity index (χ4v) is 5.41. The number of hydrogen-bond donors (Lipinski definition) is 2. The second-order valence-electron chi connectivity index (χ2n) is 8.91. The van der Waals surface area contributed by atoms with Crippen molar-refractivity contribution >= 4 is 29.3 Å². The average Bonchev–Trinajstić information content (AvgIpc) is 3.28. The molecular formula is C25H29N9S. The van der Waals surface area contributed by atoms with Crippen molar-refractivity contribution in [2.24, 2.45) is 5.92 Å². The Kier molecular flexibility index (Phi) is 6.89. The average molecular weight is 488 g/mol. The number of nitrogens with one attached hydrogen (secondary N) is 1. The molecule has 9 nitrogen and oxygen atoms in total. The molecule has 0 unspecified atom stereocenters. The van der Waals surface area contributed by atoms with Gasteiger partial charge in [0.1, 0.15) is 5.82 Å². The summed E-state index contributed by atoms with van der Waals surface area (Å²) in [5, 5.41) is 13.3. The summed E-state index contributed by atoms with van der Waals surface area (Å²) in [6, 6.07) is 12.3. The molecule has 0 spiro atoms. The topological polar surface area (TPSA) is 120 Å². The van der Waals surface area contributed by atoms with Crippen molar-refractivity contribution in [3.05, 3.63) is 60.2 Å². The molecule has 3 heterocycles. The summed E-state index contributed by atoms with van der Waals surface area (Å²) in [4.78, 5) is 17.5. The van der Waals surface area contributed by atoms with Crippen molar-refractivity contribution in [3.63, 3.8) is 0 Å². The number of hydrogen-bond acceptors (Lipinski definition) is 9. The highest BCUT2D eigenvalue weighted by Crippen LogP contribution is 2.39. The van der Waals surface area contributed by atoms with E-state index in [9.17, 15) is 0 Å². The van der Waals surface area contributed by atoms with Crippen LogP contribution < -0.4 is 11.1 Å². The van der Waals surface area contributed by atoms with Gasteiger partial charge in [0.15, 0.2) is 11.0 Å². The van der Waals surface area contributed by atoms with Gasteiger partial charge in [0.05, 0.1) is 5.75 Å². The summed E-state index contributed by atoms with van der Waals surface area (Å²) < 4.78 is 2.29. The first kappa shape index (κ1) is 23.2. The van der Waals surface area contributed by atoms with Gasteiger partial charge in [0.25, 0.3) is 0 Å². The Morgan fingerprint density at radius 1 is 1.06 bits per heavy atom. The molecule has 0 amide bonds. The van der Waals surface area contributed by atoms with E-state index in [-0.39, 0.29) is 5.95 Å². The van der Waals surface area contributed by atoms with E-state index >= 15 is 0 Å². The number of para-hydroxylation sites is 1. The van der Waals surface area contributed by atoms with Crippen LogP contribution in [-0.4, -0.2) is 34.7 Å². The van der Waals surface area contributed by atoms with Crippen LogP contribution in [0.15, 0.2) is 53.9 Å². The minimum atomic E-state index is 0.185. The molecule has 3 aromatic heterocycles. The molecule has 1 aliphatic carbocycles. The standard InChI is InChI=1S/C25H29N9S/c1-16-8-3-5-11-19(16)28-24-30-21(29-23(26)31-24)15-35-25-33-32-22(18-10-7-13-27-14-18)34(25)20-12-6-4-9-17(20)2/h3,5,7-8,10-11,13-14,17,20H,4,6,9,12,15H2,1-2H3,(H3,26,28,29,30,31)/t17-,20-/m1/s1. The summed E-state index contributed by atoms with van der Waals surface area (Å²) in [5.74, 6) is 3.11. The molecule has 1 aromatic carbocycles. The number of aromatic nitrogens is 7. The van der Waals surface area contributed by atoms with Crippen LogP contribution in [0.1, 0.15) is 50.0 Å². The molecule has 1 saturated carbocycles. The monoisotopic (exact) mass is 487 g/mol. The van der Waals surface area contributed by atoms with Crippen molar-refractivity contribution in [2.45, 2.75) is 56.5 Å². The lowest BCUT2D eigenvalue weighted by atomic mass is 9.85. The third kappa shape index (κ3) is 5.27. The number of nitrogens with two attached hydrogens (primary N) is 1. The van der Waals surface area contributed by atoms with E-state index in [1.165, 1.54) is 19.3 Å². The fraction of sp³-hybridized carbons (Fsp3) is 0.360. The van der Waals surface area contributed by atoms with Gasteiger partial charge in [-0.1, -0.05) is 49.7 Å². The van der Waals surface area contributed by atoms with Crippen LogP contribution in [0.3, 0.4) is 0 Å². The van der Waals surface area contributed by atoms with Crippen molar-refractivity contribution in [2.75, 3.05) is 11.1 Å². The number of nitrogens with zero attached hydrogens (tertiary/aromatic N) is 7. The third-order valence-electron chi connectivity index (χ3n) is 6.40. The molecule has 0 bridgehead atoms. The van der Waals surface area contributed by atoms with Gasteiger partial charge >= 0.3 is 0 Å². The highest BCUT2D eigenvalue weighted by Gasteiger charge is 2.29. The Balaban J connectivity index is 1.41. The summed E-state index contributed by atoms with van der Waals surface area (Å²) in [6.45, 7) is 4.35. The predicted molar refractivity (Wildman–Crippen MR) is 138 cm³/mol. The van der Waals surface area contributed by atoms with Crippen LogP contribution in [0.4, 0.5) is 17.6 Å². The number of rotatable bonds is 7. The highest BCUT2D eigenvalue weighted by atomic mass is 32.2. The lowest BCUT2D eigenvalue weighted by molar-refractivity contribution is 0.247. The van der Waals surface area contributed by atoms with Crippen LogP contribution in [-0.2, 0) is 5.75 Å². The number of anilines is 3. The first-order chi connectivity index (χ1) is 17.1. The molecule has 0 aliphatic heterocycles. The largest absolute Gasteiger partial charge is 0.368 e. The highest BCUT2D eigenvalue weighted by molar-refractivity contribution is 7.98. The van der Waals surface area contributed by atoms with Crippen molar-refractivity contribution < 1.29 is 0 Å². The smallest absolute Gasteiger partial charge is 0.232 e. The lowest BCUT2D eigenvalue weighted by Gasteiger charge is -2.31. The van der Waals surface area contributed by atoms with Gasteiger partial charge in [0, 0.05) is 29.7 Å². The maximum atomic E-state index is 6.01. The van der Waals surface area contributed by atoms with Gasteiger partial charge in [-0.15, -0.1) is 10.2 Å². The number of benzene rings is 1. The normalized spacial score (nSPS) is 17.9. The van der Waals surface area contributed by atoms with E-state index < -0.39 is 0 Å². The van der Waals surface area contributed by atoms with Crippen LogP contribution in [0, 0.1) is 12.8 Å². The Hall–Kier alpha value is -3.53.